The summed E-state index contributed by atoms with van der Waals surface area (Å²) in [6.07, 6.45) is 94.4. The molecule has 472 valence electrons. The lowest BCUT2D eigenvalue weighted by molar-refractivity contribution is -0.167. The van der Waals surface area contributed by atoms with E-state index in [-0.39, 0.29) is 31.1 Å². The first kappa shape index (κ1) is 78.3. The highest BCUT2D eigenvalue weighted by molar-refractivity contribution is 5.71. The fraction of sp³-hybridized carbons (Fsp3) is 0.750. The fourth-order valence-electron chi connectivity index (χ4n) is 10.1. The number of hydrogen-bond acceptors (Lipinski definition) is 6. The van der Waals surface area contributed by atoms with E-state index in [9.17, 15) is 14.4 Å². The van der Waals surface area contributed by atoms with Crippen LogP contribution in [-0.2, 0) is 28.6 Å². The minimum Gasteiger partial charge on any atom is -0.462 e. The van der Waals surface area contributed by atoms with E-state index in [0.29, 0.717) is 19.3 Å². The monoisotopic (exact) mass is 1140 g/mol. The SMILES string of the molecule is CC/C=C\C/C=C\C/C=C\C/C=C\C/C=C\C/C=C\CCCCCCC(=O)OC(COC(=O)CCCCCCC/C=C\C/C=C\CCC)COC(=O)CCCCCCCCCCCCCCCCCCCCCCCCCCCCCC. The number of hydrogen-bond donors (Lipinski definition) is 0. The predicted octanol–water partition coefficient (Wildman–Crippen LogP) is 24.4. The molecule has 0 radical (unpaired) electrons. The molecule has 0 spiro atoms. The molecule has 0 amide bonds. The average molecular weight is 1140 g/mol. The smallest absolute Gasteiger partial charge is 0.306 e. The van der Waals surface area contributed by atoms with Crippen molar-refractivity contribution < 1.29 is 28.6 Å². The Morgan fingerprint density at radius 2 is 0.500 bits per heavy atom. The summed E-state index contributed by atoms with van der Waals surface area (Å²) in [5, 5.41) is 0. The third-order valence-corrected chi connectivity index (χ3v) is 15.3. The molecule has 1 atom stereocenters. The fourth-order valence-corrected chi connectivity index (χ4v) is 10.1. The van der Waals surface area contributed by atoms with Gasteiger partial charge in [-0.3, -0.25) is 14.4 Å². The quantitative estimate of drug-likeness (QED) is 0.0261. The highest BCUT2D eigenvalue weighted by Crippen LogP contribution is 2.18. The zero-order valence-corrected chi connectivity index (χ0v) is 54.2. The van der Waals surface area contributed by atoms with Gasteiger partial charge in [-0.15, -0.1) is 0 Å². The van der Waals surface area contributed by atoms with Crippen LogP contribution in [0.25, 0.3) is 0 Å². The van der Waals surface area contributed by atoms with Crippen molar-refractivity contribution in [2.45, 2.75) is 354 Å². The Morgan fingerprint density at radius 3 is 0.793 bits per heavy atom. The van der Waals surface area contributed by atoms with Crippen LogP contribution < -0.4 is 0 Å². The van der Waals surface area contributed by atoms with Gasteiger partial charge in [-0.25, -0.2) is 0 Å². The number of esters is 3. The molecule has 0 saturated heterocycles. The van der Waals surface area contributed by atoms with Crippen LogP contribution in [0.1, 0.15) is 348 Å². The van der Waals surface area contributed by atoms with Gasteiger partial charge in [0.25, 0.3) is 0 Å². The van der Waals surface area contributed by atoms with E-state index in [4.69, 9.17) is 14.2 Å². The molecule has 0 N–H and O–H groups in total. The number of allylic oxidation sites excluding steroid dienone is 16. The Kier molecular flexibility index (Phi) is 66.7. The van der Waals surface area contributed by atoms with Gasteiger partial charge in [-0.05, 0) is 96.3 Å². The number of carbonyl (C=O) groups is 3. The van der Waals surface area contributed by atoms with Crippen molar-refractivity contribution in [1.29, 1.82) is 0 Å². The number of rotatable bonds is 64. The summed E-state index contributed by atoms with van der Waals surface area (Å²) in [7, 11) is 0. The van der Waals surface area contributed by atoms with Crippen molar-refractivity contribution in [3.05, 3.63) is 97.2 Å². The van der Waals surface area contributed by atoms with Gasteiger partial charge in [0.1, 0.15) is 13.2 Å². The van der Waals surface area contributed by atoms with Crippen molar-refractivity contribution in [1.82, 2.24) is 0 Å². The van der Waals surface area contributed by atoms with Gasteiger partial charge in [0.2, 0.25) is 0 Å². The van der Waals surface area contributed by atoms with Crippen LogP contribution in [0.3, 0.4) is 0 Å². The van der Waals surface area contributed by atoms with Crippen LogP contribution in [0.15, 0.2) is 97.2 Å². The summed E-state index contributed by atoms with van der Waals surface area (Å²) in [5.74, 6) is -0.916. The molecule has 0 aliphatic rings. The number of unbranched alkanes of at least 4 members (excludes halogenated alkanes) is 37. The molecule has 6 nitrogen and oxygen atoms in total. The molecule has 0 aromatic rings. The van der Waals surface area contributed by atoms with Crippen LogP contribution >= 0.6 is 0 Å². The second kappa shape index (κ2) is 69.8. The van der Waals surface area contributed by atoms with E-state index in [2.05, 4.69) is 118 Å². The first-order valence-electron chi connectivity index (χ1n) is 35.2. The Morgan fingerprint density at radius 1 is 0.256 bits per heavy atom. The first-order chi connectivity index (χ1) is 40.5. The normalized spacial score (nSPS) is 12.7. The summed E-state index contributed by atoms with van der Waals surface area (Å²) in [5.41, 5.74) is 0. The van der Waals surface area contributed by atoms with Gasteiger partial charge in [-0.1, -0.05) is 330 Å². The molecule has 0 aromatic carbocycles. The van der Waals surface area contributed by atoms with Crippen LogP contribution in [0.2, 0.25) is 0 Å². The molecular formula is C76H132O6. The molecule has 0 aliphatic carbocycles. The van der Waals surface area contributed by atoms with E-state index in [0.717, 1.165) is 141 Å². The predicted molar refractivity (Wildman–Crippen MR) is 357 cm³/mol. The first-order valence-corrected chi connectivity index (χ1v) is 35.2. The standard InChI is InChI=1S/C76H132O6/c1-4-7-10-13-16-19-22-25-27-29-31-33-35-36-37-38-39-41-42-44-46-48-51-54-57-60-63-66-69-75(78)81-72-73(71-80-74(77)68-65-62-59-56-53-50-24-21-18-15-12-9-6-3)82-76(79)70-67-64-61-58-55-52-49-47-45-43-40-34-32-30-28-26-23-20-17-14-11-8-5-2/h8,11-12,15,17,20-21,24,26,28,32,34,43,45,49,52,73H,4-7,9-10,13-14,16,18-19,22-23,25,27,29-31,33,35-42,44,46-48,50-51,53-72H2,1-3H3/b11-8-,15-12-,20-17-,24-21-,28-26-,34-32-,45-43-,52-49-. The summed E-state index contributed by atoms with van der Waals surface area (Å²) >= 11 is 0. The molecule has 0 aromatic heterocycles. The van der Waals surface area contributed by atoms with Crippen LogP contribution in [0.5, 0.6) is 0 Å². The van der Waals surface area contributed by atoms with Crippen molar-refractivity contribution in [3.63, 3.8) is 0 Å². The van der Waals surface area contributed by atoms with Crippen molar-refractivity contribution in [2.75, 3.05) is 13.2 Å². The molecule has 1 unspecified atom stereocenters. The second-order valence-corrected chi connectivity index (χ2v) is 23.4. The van der Waals surface area contributed by atoms with Crippen molar-refractivity contribution >= 4 is 17.9 Å². The zero-order valence-electron chi connectivity index (χ0n) is 54.2. The van der Waals surface area contributed by atoms with Crippen LogP contribution in [0.4, 0.5) is 0 Å². The van der Waals surface area contributed by atoms with E-state index in [1.54, 1.807) is 0 Å². The lowest BCUT2D eigenvalue weighted by Crippen LogP contribution is -2.30. The maximum absolute atomic E-state index is 12.9. The van der Waals surface area contributed by atoms with Crippen LogP contribution in [-0.4, -0.2) is 37.2 Å². The van der Waals surface area contributed by atoms with Gasteiger partial charge in [0.15, 0.2) is 6.10 Å². The zero-order chi connectivity index (χ0) is 59.2. The lowest BCUT2D eigenvalue weighted by atomic mass is 10.0. The molecule has 0 saturated carbocycles. The van der Waals surface area contributed by atoms with Crippen LogP contribution in [0, 0.1) is 0 Å². The average Bonchev–Trinajstić information content (AvgIpc) is 3.47. The molecule has 6 heteroatoms. The second-order valence-electron chi connectivity index (χ2n) is 23.4. The Labute approximate surface area is 508 Å². The van der Waals surface area contributed by atoms with Gasteiger partial charge in [0.05, 0.1) is 0 Å². The number of ether oxygens (including phenoxy) is 3. The molecular weight excluding hydrogens is 1010 g/mol. The minimum atomic E-state index is -0.799. The molecule has 0 aliphatic heterocycles. The minimum absolute atomic E-state index is 0.0905. The van der Waals surface area contributed by atoms with Crippen molar-refractivity contribution in [3.8, 4) is 0 Å². The summed E-state index contributed by atoms with van der Waals surface area (Å²) in [4.78, 5) is 38.4. The highest BCUT2D eigenvalue weighted by Gasteiger charge is 2.19. The lowest BCUT2D eigenvalue weighted by Gasteiger charge is -2.18. The maximum atomic E-state index is 12.9. The van der Waals surface area contributed by atoms with Gasteiger partial charge < -0.3 is 14.2 Å². The van der Waals surface area contributed by atoms with Gasteiger partial charge in [-0.2, -0.15) is 0 Å². The third kappa shape index (κ3) is 67.1. The molecule has 0 heterocycles. The summed E-state index contributed by atoms with van der Waals surface area (Å²) in [6, 6.07) is 0. The largest absolute Gasteiger partial charge is 0.462 e. The molecule has 82 heavy (non-hydrogen) atoms. The maximum Gasteiger partial charge on any atom is 0.306 e. The summed E-state index contributed by atoms with van der Waals surface area (Å²) < 4.78 is 16.9. The van der Waals surface area contributed by atoms with E-state index in [1.807, 2.05) is 0 Å². The summed E-state index contributed by atoms with van der Waals surface area (Å²) in [6.45, 7) is 6.47. The van der Waals surface area contributed by atoms with Crippen molar-refractivity contribution in [2.24, 2.45) is 0 Å². The van der Waals surface area contributed by atoms with E-state index < -0.39 is 6.10 Å². The Balaban J connectivity index is 4.29. The van der Waals surface area contributed by atoms with E-state index >= 15 is 0 Å². The van der Waals surface area contributed by atoms with Gasteiger partial charge in [0, 0.05) is 19.3 Å². The number of carbonyl (C=O) groups excluding carboxylic acids is 3. The molecule has 0 bridgehead atoms. The topological polar surface area (TPSA) is 78.9 Å². The molecule has 0 fully saturated rings. The molecule has 0 rings (SSSR count). The Hall–Kier alpha value is -3.67. The van der Waals surface area contributed by atoms with Gasteiger partial charge >= 0.3 is 17.9 Å². The third-order valence-electron chi connectivity index (χ3n) is 15.3. The Bertz CT molecular complexity index is 1590. The highest BCUT2D eigenvalue weighted by atomic mass is 16.6. The van der Waals surface area contributed by atoms with E-state index in [1.165, 1.54) is 167 Å².